The van der Waals surface area contributed by atoms with Crippen molar-refractivity contribution in [3.8, 4) is 0 Å². The van der Waals surface area contributed by atoms with Crippen LogP contribution in [0.4, 0.5) is 0 Å². The summed E-state index contributed by atoms with van der Waals surface area (Å²) in [4.78, 5) is 11.7. The molecule has 6 heteroatoms. The van der Waals surface area contributed by atoms with Gasteiger partial charge >= 0.3 is 0 Å². The Bertz CT molecular complexity index is 500. The number of sulfone groups is 1. The van der Waals surface area contributed by atoms with Crippen LogP contribution in [0.2, 0.25) is 0 Å². The van der Waals surface area contributed by atoms with Crippen LogP contribution in [0.5, 0.6) is 0 Å². The topological polar surface area (TPSA) is 89.3 Å². The van der Waals surface area contributed by atoms with Crippen molar-refractivity contribution >= 4 is 15.7 Å². The maximum absolute atomic E-state index is 11.7. The molecular formula is C13H20N2O3S. The summed E-state index contributed by atoms with van der Waals surface area (Å²) in [5.74, 6) is -0.182. The summed E-state index contributed by atoms with van der Waals surface area (Å²) in [6.45, 7) is 0.328. The van der Waals surface area contributed by atoms with Crippen molar-refractivity contribution in [1.29, 1.82) is 0 Å². The third-order valence-electron chi connectivity index (χ3n) is 2.63. The maximum Gasteiger partial charge on any atom is 0.237 e. The minimum absolute atomic E-state index is 0.0706. The minimum atomic E-state index is -2.97. The SMILES string of the molecule is CS(=O)(=O)CCCNC(=O)[C@@H](N)Cc1ccccc1. The Morgan fingerprint density at radius 3 is 2.53 bits per heavy atom. The third kappa shape index (κ3) is 6.93. The number of carbonyl (C=O) groups is 1. The lowest BCUT2D eigenvalue weighted by atomic mass is 10.1. The first kappa shape index (κ1) is 15.7. The zero-order valence-corrected chi connectivity index (χ0v) is 11.8. The summed E-state index contributed by atoms with van der Waals surface area (Å²) in [5.41, 5.74) is 6.79. The summed E-state index contributed by atoms with van der Waals surface area (Å²) < 4.78 is 21.8. The highest BCUT2D eigenvalue weighted by atomic mass is 32.2. The van der Waals surface area contributed by atoms with Crippen molar-refractivity contribution in [3.63, 3.8) is 0 Å². The molecule has 0 aliphatic carbocycles. The maximum atomic E-state index is 11.7. The van der Waals surface area contributed by atoms with Gasteiger partial charge in [0.15, 0.2) is 0 Å². The molecular weight excluding hydrogens is 264 g/mol. The van der Waals surface area contributed by atoms with Crippen LogP contribution in [-0.2, 0) is 21.1 Å². The number of carbonyl (C=O) groups excluding carboxylic acids is 1. The fraction of sp³-hybridized carbons (Fsp3) is 0.462. The molecule has 0 aromatic heterocycles. The van der Waals surface area contributed by atoms with Crippen molar-refractivity contribution in [2.45, 2.75) is 18.9 Å². The van der Waals surface area contributed by atoms with Crippen molar-refractivity contribution in [2.75, 3.05) is 18.6 Å². The molecule has 0 saturated heterocycles. The number of hydrogen-bond donors (Lipinski definition) is 2. The Kier molecular flexibility index (Phi) is 5.98. The van der Waals surface area contributed by atoms with Gasteiger partial charge in [0.2, 0.25) is 5.91 Å². The average molecular weight is 284 g/mol. The minimum Gasteiger partial charge on any atom is -0.355 e. The van der Waals surface area contributed by atoms with Crippen LogP contribution in [0, 0.1) is 0 Å². The highest BCUT2D eigenvalue weighted by Gasteiger charge is 2.13. The Labute approximate surface area is 114 Å². The molecule has 0 unspecified atom stereocenters. The predicted molar refractivity (Wildman–Crippen MR) is 75.5 cm³/mol. The first-order valence-electron chi connectivity index (χ1n) is 6.13. The Morgan fingerprint density at radius 1 is 1.32 bits per heavy atom. The Balaban J connectivity index is 2.29. The molecule has 0 radical (unpaired) electrons. The van der Waals surface area contributed by atoms with Crippen LogP contribution in [0.1, 0.15) is 12.0 Å². The van der Waals surface area contributed by atoms with Crippen LogP contribution >= 0.6 is 0 Å². The van der Waals surface area contributed by atoms with Crippen molar-refractivity contribution in [3.05, 3.63) is 35.9 Å². The smallest absolute Gasteiger partial charge is 0.237 e. The zero-order valence-electron chi connectivity index (χ0n) is 11.0. The predicted octanol–water partition coefficient (Wildman–Crippen LogP) is 0.107. The van der Waals surface area contributed by atoms with Gasteiger partial charge in [-0.1, -0.05) is 30.3 Å². The number of rotatable bonds is 7. The highest BCUT2D eigenvalue weighted by molar-refractivity contribution is 7.90. The van der Waals surface area contributed by atoms with E-state index < -0.39 is 15.9 Å². The molecule has 5 nitrogen and oxygen atoms in total. The van der Waals surface area contributed by atoms with Crippen LogP contribution in [0.3, 0.4) is 0 Å². The lowest BCUT2D eigenvalue weighted by Gasteiger charge is -2.12. The second-order valence-electron chi connectivity index (χ2n) is 4.57. The molecule has 0 aliphatic rings. The summed E-state index contributed by atoms with van der Waals surface area (Å²) in [6, 6.07) is 8.91. The van der Waals surface area contributed by atoms with Crippen molar-refractivity contribution < 1.29 is 13.2 Å². The van der Waals surface area contributed by atoms with Crippen LogP contribution in [0.25, 0.3) is 0 Å². The molecule has 19 heavy (non-hydrogen) atoms. The van der Waals surface area contributed by atoms with Gasteiger partial charge in [0.25, 0.3) is 0 Å². The van der Waals surface area contributed by atoms with E-state index in [1.165, 1.54) is 6.26 Å². The molecule has 0 heterocycles. The van der Waals surface area contributed by atoms with E-state index in [1.54, 1.807) is 0 Å². The van der Waals surface area contributed by atoms with Gasteiger partial charge in [-0.25, -0.2) is 8.42 Å². The van der Waals surface area contributed by atoms with Gasteiger partial charge in [-0.15, -0.1) is 0 Å². The van der Waals surface area contributed by atoms with E-state index in [0.717, 1.165) is 5.56 Å². The second kappa shape index (κ2) is 7.25. The molecule has 0 spiro atoms. The highest BCUT2D eigenvalue weighted by Crippen LogP contribution is 2.01. The van der Waals surface area contributed by atoms with Gasteiger partial charge in [-0.2, -0.15) is 0 Å². The molecule has 0 aliphatic heterocycles. The van der Waals surface area contributed by atoms with E-state index in [1.807, 2.05) is 30.3 Å². The average Bonchev–Trinajstić information content (AvgIpc) is 2.34. The number of amides is 1. The monoisotopic (exact) mass is 284 g/mol. The van der Waals surface area contributed by atoms with Crippen molar-refractivity contribution in [1.82, 2.24) is 5.32 Å². The molecule has 0 saturated carbocycles. The number of hydrogen-bond acceptors (Lipinski definition) is 4. The number of benzene rings is 1. The molecule has 106 valence electrons. The van der Waals surface area contributed by atoms with Gasteiger partial charge in [0.1, 0.15) is 9.84 Å². The van der Waals surface area contributed by atoms with E-state index in [0.29, 0.717) is 19.4 Å². The van der Waals surface area contributed by atoms with Gasteiger partial charge in [0.05, 0.1) is 11.8 Å². The largest absolute Gasteiger partial charge is 0.355 e. The number of nitrogens with two attached hydrogens (primary N) is 1. The van der Waals surface area contributed by atoms with Gasteiger partial charge in [-0.05, 0) is 18.4 Å². The third-order valence-corrected chi connectivity index (χ3v) is 3.66. The Hall–Kier alpha value is -1.40. The summed E-state index contributed by atoms with van der Waals surface area (Å²) >= 11 is 0. The van der Waals surface area contributed by atoms with Crippen LogP contribution in [-0.4, -0.2) is 38.9 Å². The molecule has 0 bridgehead atoms. The first-order valence-corrected chi connectivity index (χ1v) is 8.19. The van der Waals surface area contributed by atoms with E-state index in [2.05, 4.69) is 5.32 Å². The van der Waals surface area contributed by atoms with Gasteiger partial charge in [-0.3, -0.25) is 4.79 Å². The Morgan fingerprint density at radius 2 is 1.95 bits per heavy atom. The molecule has 1 atom stereocenters. The van der Waals surface area contributed by atoms with Gasteiger partial charge < -0.3 is 11.1 Å². The van der Waals surface area contributed by atoms with Crippen molar-refractivity contribution in [2.24, 2.45) is 5.73 Å². The molecule has 1 rings (SSSR count). The normalized spacial score (nSPS) is 12.9. The first-order chi connectivity index (χ1) is 8.88. The van der Waals surface area contributed by atoms with E-state index >= 15 is 0 Å². The molecule has 1 amide bonds. The lowest BCUT2D eigenvalue weighted by molar-refractivity contribution is -0.122. The van der Waals surface area contributed by atoms with E-state index in [4.69, 9.17) is 5.73 Å². The van der Waals surface area contributed by atoms with Crippen LogP contribution < -0.4 is 11.1 Å². The molecule has 1 aromatic rings. The van der Waals surface area contributed by atoms with E-state index in [9.17, 15) is 13.2 Å². The molecule has 0 fully saturated rings. The lowest BCUT2D eigenvalue weighted by Crippen LogP contribution is -2.42. The van der Waals surface area contributed by atoms with Crippen LogP contribution in [0.15, 0.2) is 30.3 Å². The summed E-state index contributed by atoms with van der Waals surface area (Å²) in [7, 11) is -2.97. The molecule has 1 aromatic carbocycles. The molecule has 3 N–H and O–H groups in total. The summed E-state index contributed by atoms with van der Waals surface area (Å²) in [5, 5.41) is 2.65. The number of nitrogens with one attached hydrogen (secondary N) is 1. The summed E-state index contributed by atoms with van der Waals surface area (Å²) in [6.07, 6.45) is 2.05. The van der Waals surface area contributed by atoms with E-state index in [-0.39, 0.29) is 11.7 Å². The zero-order chi connectivity index (χ0) is 14.3. The fourth-order valence-electron chi connectivity index (χ4n) is 1.64. The second-order valence-corrected chi connectivity index (χ2v) is 6.83. The van der Waals surface area contributed by atoms with Gasteiger partial charge in [0, 0.05) is 12.8 Å². The fourth-order valence-corrected chi connectivity index (χ4v) is 2.31. The quantitative estimate of drug-likeness (QED) is 0.695. The standard InChI is InChI=1S/C13H20N2O3S/c1-19(17,18)9-5-8-15-13(16)12(14)10-11-6-3-2-4-7-11/h2-4,6-7,12H,5,8-10,14H2,1H3,(H,15,16)/t12-/m0/s1.